The Labute approximate surface area is 185 Å². The first-order valence-corrected chi connectivity index (χ1v) is 11.8. The topological polar surface area (TPSA) is 54.8 Å². The Bertz CT molecular complexity index is 946. The molecule has 0 amide bonds. The second-order valence-electron chi connectivity index (χ2n) is 9.65. The molecular weight excluding hydrogens is 388 g/mol. The van der Waals surface area contributed by atoms with E-state index >= 15 is 0 Å². The van der Waals surface area contributed by atoms with Crippen LogP contribution in [0, 0.1) is 18.8 Å². The maximum atomic E-state index is 11.9. The minimum atomic E-state index is -0.820. The molecule has 3 aliphatic rings. The molecule has 5 heteroatoms. The Kier molecular flexibility index (Phi) is 5.43. The van der Waals surface area contributed by atoms with Crippen LogP contribution in [0.5, 0.6) is 11.5 Å². The second kappa shape index (κ2) is 8.10. The molecule has 1 unspecified atom stereocenters. The molecule has 2 fully saturated rings. The van der Waals surface area contributed by atoms with E-state index in [1.165, 1.54) is 17.5 Å². The van der Waals surface area contributed by atoms with Crippen LogP contribution in [0.25, 0.3) is 0 Å². The van der Waals surface area contributed by atoms with Crippen LogP contribution in [-0.4, -0.2) is 40.8 Å². The largest absolute Gasteiger partial charge is 0.494 e. The van der Waals surface area contributed by atoms with Crippen LogP contribution in [0.3, 0.4) is 0 Å². The van der Waals surface area contributed by atoms with Crippen molar-refractivity contribution in [2.45, 2.75) is 64.7 Å². The predicted octanol–water partition coefficient (Wildman–Crippen LogP) is 4.23. The zero-order chi connectivity index (χ0) is 21.6. The number of hydrogen-bond acceptors (Lipinski definition) is 5. The molecule has 1 aromatic heterocycles. The summed E-state index contributed by atoms with van der Waals surface area (Å²) in [7, 11) is 0. The van der Waals surface area contributed by atoms with Gasteiger partial charge in [-0.15, -0.1) is 0 Å². The fourth-order valence-corrected chi connectivity index (χ4v) is 6.10. The predicted molar refractivity (Wildman–Crippen MR) is 120 cm³/mol. The van der Waals surface area contributed by atoms with E-state index in [-0.39, 0.29) is 17.9 Å². The van der Waals surface area contributed by atoms with Crippen molar-refractivity contribution in [1.82, 2.24) is 9.88 Å². The van der Waals surface area contributed by atoms with E-state index in [4.69, 9.17) is 9.47 Å². The summed E-state index contributed by atoms with van der Waals surface area (Å²) >= 11 is 0. The number of aliphatic hydroxyl groups is 1. The van der Waals surface area contributed by atoms with Gasteiger partial charge in [-0.2, -0.15) is 0 Å². The van der Waals surface area contributed by atoms with Crippen molar-refractivity contribution in [1.29, 1.82) is 0 Å². The van der Waals surface area contributed by atoms with E-state index in [0.717, 1.165) is 61.7 Å². The lowest BCUT2D eigenvalue weighted by Crippen LogP contribution is -2.58. The Hall–Kier alpha value is -2.11. The summed E-state index contributed by atoms with van der Waals surface area (Å²) in [5, 5.41) is 11.9. The molecule has 5 nitrogen and oxygen atoms in total. The molecule has 1 saturated carbocycles. The first kappa shape index (κ1) is 20.8. The number of benzene rings is 1. The van der Waals surface area contributed by atoms with E-state index in [0.29, 0.717) is 6.61 Å². The molecule has 2 aromatic rings. The SMILES string of the molecule is CCOc1cc2c(cc1CN1C[C@H]3CCC[C@@H](C1)C3(O)c1ncccc1C)O[C@H](C)C2. The van der Waals surface area contributed by atoms with E-state index in [9.17, 15) is 5.11 Å². The van der Waals surface area contributed by atoms with Gasteiger partial charge in [-0.05, 0) is 57.4 Å². The summed E-state index contributed by atoms with van der Waals surface area (Å²) in [6.07, 6.45) is 6.27. The molecule has 166 valence electrons. The van der Waals surface area contributed by atoms with Crippen molar-refractivity contribution < 1.29 is 14.6 Å². The Morgan fingerprint density at radius 3 is 2.74 bits per heavy atom. The Morgan fingerprint density at radius 2 is 2.03 bits per heavy atom. The van der Waals surface area contributed by atoms with Gasteiger partial charge < -0.3 is 14.6 Å². The first-order valence-electron chi connectivity index (χ1n) is 11.8. The highest BCUT2D eigenvalue weighted by Crippen LogP contribution is 2.49. The number of pyridine rings is 1. The third-order valence-corrected chi connectivity index (χ3v) is 7.47. The van der Waals surface area contributed by atoms with Crippen LogP contribution in [-0.2, 0) is 18.6 Å². The number of likely N-dealkylation sites (tertiary alicyclic amines) is 1. The lowest BCUT2D eigenvalue weighted by atomic mass is 9.63. The molecule has 0 radical (unpaired) electrons. The summed E-state index contributed by atoms with van der Waals surface area (Å²) in [6, 6.07) is 8.39. The molecule has 1 N–H and O–H groups in total. The number of piperidine rings is 1. The normalized spacial score (nSPS) is 30.0. The molecular formula is C26H34N2O3. The molecule has 3 heterocycles. The fourth-order valence-electron chi connectivity index (χ4n) is 6.10. The van der Waals surface area contributed by atoms with E-state index < -0.39 is 5.60 Å². The zero-order valence-electron chi connectivity index (χ0n) is 18.9. The van der Waals surface area contributed by atoms with Gasteiger partial charge >= 0.3 is 0 Å². The summed E-state index contributed by atoms with van der Waals surface area (Å²) in [6.45, 7) is 9.47. The summed E-state index contributed by atoms with van der Waals surface area (Å²) in [5.74, 6) is 2.39. The molecule has 0 spiro atoms. The second-order valence-corrected chi connectivity index (χ2v) is 9.65. The van der Waals surface area contributed by atoms with Gasteiger partial charge in [0.15, 0.2) is 0 Å². The van der Waals surface area contributed by atoms with Gasteiger partial charge in [0, 0.05) is 55.2 Å². The van der Waals surface area contributed by atoms with E-state index in [2.05, 4.69) is 41.9 Å². The quantitative estimate of drug-likeness (QED) is 0.781. The lowest BCUT2D eigenvalue weighted by Gasteiger charge is -2.53. The molecule has 1 saturated heterocycles. The van der Waals surface area contributed by atoms with Crippen LogP contribution in [0.1, 0.15) is 55.5 Å². The van der Waals surface area contributed by atoms with E-state index in [1.807, 2.05) is 19.2 Å². The van der Waals surface area contributed by atoms with Gasteiger partial charge in [-0.25, -0.2) is 0 Å². The van der Waals surface area contributed by atoms with Gasteiger partial charge in [-0.1, -0.05) is 12.5 Å². The fraction of sp³-hybridized carbons (Fsp3) is 0.577. The number of aryl methyl sites for hydroxylation is 1. The van der Waals surface area contributed by atoms with Crippen molar-refractivity contribution in [3.8, 4) is 11.5 Å². The maximum absolute atomic E-state index is 11.9. The van der Waals surface area contributed by atoms with Crippen LogP contribution in [0.2, 0.25) is 0 Å². The number of ether oxygens (including phenoxy) is 2. The minimum Gasteiger partial charge on any atom is -0.494 e. The molecule has 1 aliphatic carbocycles. The third kappa shape index (κ3) is 3.62. The average molecular weight is 423 g/mol. The molecule has 4 atom stereocenters. The monoisotopic (exact) mass is 422 g/mol. The maximum Gasteiger partial charge on any atom is 0.124 e. The van der Waals surface area contributed by atoms with Crippen LogP contribution in [0.15, 0.2) is 30.5 Å². The Morgan fingerprint density at radius 1 is 1.26 bits per heavy atom. The van der Waals surface area contributed by atoms with Crippen LogP contribution in [0.4, 0.5) is 0 Å². The van der Waals surface area contributed by atoms with Crippen molar-refractivity contribution in [2.24, 2.45) is 11.8 Å². The highest BCUT2D eigenvalue weighted by atomic mass is 16.5. The minimum absolute atomic E-state index is 0.204. The number of fused-ring (bicyclic) bond motifs is 3. The van der Waals surface area contributed by atoms with Gasteiger partial charge in [0.05, 0.1) is 12.3 Å². The molecule has 2 aliphatic heterocycles. The van der Waals surface area contributed by atoms with Crippen molar-refractivity contribution >= 4 is 0 Å². The van der Waals surface area contributed by atoms with Crippen molar-refractivity contribution in [3.63, 3.8) is 0 Å². The average Bonchev–Trinajstić information content (AvgIpc) is 3.08. The molecule has 31 heavy (non-hydrogen) atoms. The van der Waals surface area contributed by atoms with Crippen LogP contribution < -0.4 is 9.47 Å². The first-order chi connectivity index (χ1) is 15.0. The zero-order valence-corrected chi connectivity index (χ0v) is 18.9. The number of hydrogen-bond donors (Lipinski definition) is 1. The number of aromatic nitrogens is 1. The van der Waals surface area contributed by atoms with Gasteiger partial charge in [0.2, 0.25) is 0 Å². The molecule has 1 aromatic carbocycles. The van der Waals surface area contributed by atoms with Gasteiger partial charge in [-0.3, -0.25) is 9.88 Å². The summed E-state index contributed by atoms with van der Waals surface area (Å²) in [5.41, 5.74) is 3.60. The summed E-state index contributed by atoms with van der Waals surface area (Å²) in [4.78, 5) is 7.15. The lowest BCUT2D eigenvalue weighted by molar-refractivity contribution is -0.151. The highest BCUT2D eigenvalue weighted by Gasteiger charge is 2.52. The summed E-state index contributed by atoms with van der Waals surface area (Å²) < 4.78 is 12.0. The van der Waals surface area contributed by atoms with Crippen LogP contribution >= 0.6 is 0 Å². The van der Waals surface area contributed by atoms with Crippen molar-refractivity contribution in [2.75, 3.05) is 19.7 Å². The smallest absolute Gasteiger partial charge is 0.124 e. The van der Waals surface area contributed by atoms with E-state index in [1.54, 1.807) is 0 Å². The number of nitrogens with zero attached hydrogens (tertiary/aromatic N) is 2. The van der Waals surface area contributed by atoms with Gasteiger partial charge in [0.25, 0.3) is 0 Å². The van der Waals surface area contributed by atoms with Gasteiger partial charge in [0.1, 0.15) is 23.2 Å². The van der Waals surface area contributed by atoms with Crippen molar-refractivity contribution in [3.05, 3.63) is 52.8 Å². The molecule has 2 bridgehead atoms. The Balaban J connectivity index is 1.41. The number of rotatable bonds is 5. The highest BCUT2D eigenvalue weighted by molar-refractivity contribution is 5.48. The standard InChI is InChI=1S/C26H34N2O3/c1-4-30-23-12-19-11-18(3)31-24(19)13-20(23)14-28-15-21-8-5-9-22(16-28)26(21,29)25-17(2)7-6-10-27-25/h6-7,10,12-13,18,21-22,29H,4-5,8-9,11,14-16H2,1-3H3/t18-,21-,22+,26?/m1/s1. The molecule has 5 rings (SSSR count). The third-order valence-electron chi connectivity index (χ3n) is 7.47.